The predicted molar refractivity (Wildman–Crippen MR) is 91.5 cm³/mol. The van der Waals surface area contributed by atoms with Crippen molar-refractivity contribution in [3.8, 4) is 11.3 Å². The number of furan rings is 1. The van der Waals surface area contributed by atoms with Crippen LogP contribution < -0.4 is 0 Å². The lowest BCUT2D eigenvalue weighted by Crippen LogP contribution is -2.35. The maximum atomic E-state index is 13.3. The Morgan fingerprint density at radius 1 is 1.40 bits per heavy atom. The summed E-state index contributed by atoms with van der Waals surface area (Å²) in [7, 11) is 0. The number of fused-ring (bicyclic) bond motifs is 1. The first kappa shape index (κ1) is 16.3. The molecule has 0 amide bonds. The number of aliphatic carboxylic acids is 1. The van der Waals surface area contributed by atoms with Crippen molar-refractivity contribution in [2.75, 3.05) is 13.1 Å². The van der Waals surface area contributed by atoms with Gasteiger partial charge in [0.25, 0.3) is 0 Å². The first-order chi connectivity index (χ1) is 12.0. The molecular weight excluding hydrogens is 321 g/mol. The van der Waals surface area contributed by atoms with Crippen molar-refractivity contribution in [1.82, 2.24) is 4.90 Å². The van der Waals surface area contributed by atoms with E-state index >= 15 is 0 Å². The van der Waals surface area contributed by atoms with Gasteiger partial charge in [-0.1, -0.05) is 6.42 Å². The second kappa shape index (κ2) is 5.99. The summed E-state index contributed by atoms with van der Waals surface area (Å²) in [4.78, 5) is 14.0. The zero-order chi connectivity index (χ0) is 17.6. The number of carboxylic acid groups (broad SMARTS) is 1. The summed E-state index contributed by atoms with van der Waals surface area (Å²) in [5.41, 5.74) is 1.15. The highest BCUT2D eigenvalue weighted by Gasteiger charge is 2.54. The maximum absolute atomic E-state index is 13.3. The molecule has 2 atom stereocenters. The average molecular weight is 343 g/mol. The van der Waals surface area contributed by atoms with Crippen molar-refractivity contribution in [3.05, 3.63) is 47.5 Å². The predicted octanol–water partition coefficient (Wildman–Crippen LogP) is 4.08. The Bertz CT molecular complexity index is 815. The minimum Gasteiger partial charge on any atom is -0.481 e. The number of halogens is 1. The molecule has 132 valence electrons. The van der Waals surface area contributed by atoms with E-state index in [2.05, 4.69) is 4.90 Å². The summed E-state index contributed by atoms with van der Waals surface area (Å²) < 4.78 is 19.2. The second-order valence-corrected chi connectivity index (χ2v) is 7.45. The lowest BCUT2D eigenvalue weighted by molar-refractivity contribution is -0.149. The summed E-state index contributed by atoms with van der Waals surface area (Å²) in [6, 6.07) is 8.49. The molecule has 4 rings (SSSR count). The molecule has 0 unspecified atom stereocenters. The molecular formula is C20H22FNO3. The number of likely N-dealkylation sites (tertiary alicyclic amines) is 1. The fraction of sp³-hybridized carbons (Fsp3) is 0.450. The van der Waals surface area contributed by atoms with Crippen molar-refractivity contribution in [2.45, 2.75) is 32.7 Å². The Hall–Kier alpha value is -2.14. The van der Waals surface area contributed by atoms with E-state index in [1.807, 2.05) is 19.1 Å². The summed E-state index contributed by atoms with van der Waals surface area (Å²) >= 11 is 0. The van der Waals surface area contributed by atoms with Crippen LogP contribution >= 0.6 is 0 Å². The van der Waals surface area contributed by atoms with E-state index in [-0.39, 0.29) is 11.7 Å². The quantitative estimate of drug-likeness (QED) is 0.909. The van der Waals surface area contributed by atoms with Crippen LogP contribution in [0.1, 0.15) is 30.6 Å². The van der Waals surface area contributed by atoms with Gasteiger partial charge in [0.15, 0.2) is 0 Å². The first-order valence-electron chi connectivity index (χ1n) is 8.79. The van der Waals surface area contributed by atoms with Crippen LogP contribution in [0.2, 0.25) is 0 Å². The molecule has 25 heavy (non-hydrogen) atoms. The van der Waals surface area contributed by atoms with Gasteiger partial charge in [0.05, 0.1) is 12.0 Å². The highest BCUT2D eigenvalue weighted by Crippen LogP contribution is 2.49. The Labute approximate surface area is 146 Å². The number of benzene rings is 1. The molecule has 1 saturated carbocycles. The average Bonchev–Trinajstić information content (AvgIpc) is 3.22. The molecule has 2 fully saturated rings. The van der Waals surface area contributed by atoms with E-state index in [0.29, 0.717) is 13.1 Å². The number of rotatable bonds is 4. The van der Waals surface area contributed by atoms with Gasteiger partial charge in [-0.2, -0.15) is 0 Å². The summed E-state index contributed by atoms with van der Waals surface area (Å²) in [5, 5.41) is 9.68. The molecule has 1 saturated heterocycles. The molecule has 1 aliphatic heterocycles. The lowest BCUT2D eigenvalue weighted by Gasteiger charge is -2.23. The SMILES string of the molecule is Cc1cc(F)ccc1-c1ccc(CN2C[C@@H]3CCC[C@@]3(C(=O)O)C2)o1. The summed E-state index contributed by atoms with van der Waals surface area (Å²) in [6.07, 6.45) is 2.79. The number of aryl methyl sites for hydroxylation is 1. The van der Waals surface area contributed by atoms with Gasteiger partial charge in [-0.25, -0.2) is 4.39 Å². The van der Waals surface area contributed by atoms with Crippen molar-refractivity contribution in [3.63, 3.8) is 0 Å². The van der Waals surface area contributed by atoms with E-state index < -0.39 is 11.4 Å². The topological polar surface area (TPSA) is 53.7 Å². The Morgan fingerprint density at radius 3 is 2.96 bits per heavy atom. The Morgan fingerprint density at radius 2 is 2.24 bits per heavy atom. The third-order valence-corrected chi connectivity index (χ3v) is 5.86. The van der Waals surface area contributed by atoms with Crippen molar-refractivity contribution in [1.29, 1.82) is 0 Å². The van der Waals surface area contributed by atoms with E-state index in [1.54, 1.807) is 6.07 Å². The zero-order valence-electron chi connectivity index (χ0n) is 14.3. The summed E-state index contributed by atoms with van der Waals surface area (Å²) in [5.74, 6) is 0.882. The van der Waals surface area contributed by atoms with Gasteiger partial charge in [0, 0.05) is 18.7 Å². The highest BCUT2D eigenvalue weighted by atomic mass is 19.1. The fourth-order valence-electron chi connectivity index (χ4n) is 4.59. The number of nitrogens with zero attached hydrogens (tertiary/aromatic N) is 1. The smallest absolute Gasteiger partial charge is 0.311 e. The first-order valence-corrected chi connectivity index (χ1v) is 8.79. The minimum absolute atomic E-state index is 0.249. The normalized spacial score (nSPS) is 26.1. The molecule has 4 nitrogen and oxygen atoms in total. The number of hydrogen-bond donors (Lipinski definition) is 1. The molecule has 5 heteroatoms. The molecule has 1 aliphatic carbocycles. The molecule has 2 heterocycles. The number of carboxylic acids is 1. The van der Waals surface area contributed by atoms with E-state index in [0.717, 1.165) is 48.5 Å². The Balaban J connectivity index is 1.50. The third-order valence-electron chi connectivity index (χ3n) is 5.86. The van der Waals surface area contributed by atoms with Crippen LogP contribution in [0.25, 0.3) is 11.3 Å². The zero-order valence-corrected chi connectivity index (χ0v) is 14.3. The van der Waals surface area contributed by atoms with Crippen LogP contribution in [-0.2, 0) is 11.3 Å². The van der Waals surface area contributed by atoms with Gasteiger partial charge in [-0.15, -0.1) is 0 Å². The van der Waals surface area contributed by atoms with Crippen LogP contribution in [0.15, 0.2) is 34.7 Å². The fourth-order valence-corrected chi connectivity index (χ4v) is 4.59. The van der Waals surface area contributed by atoms with Crippen molar-refractivity contribution in [2.24, 2.45) is 11.3 Å². The van der Waals surface area contributed by atoms with Gasteiger partial charge >= 0.3 is 5.97 Å². The standard InChI is InChI=1S/C20H22FNO3/c1-13-9-15(21)4-6-17(13)18-7-5-16(25-18)11-22-10-14-3-2-8-20(14,12-22)19(23)24/h4-7,9,14H,2-3,8,10-12H2,1H3,(H,23,24)/t14-,20+/m0/s1. The van der Waals surface area contributed by atoms with Crippen LogP contribution in [0.4, 0.5) is 4.39 Å². The largest absolute Gasteiger partial charge is 0.481 e. The highest BCUT2D eigenvalue weighted by molar-refractivity contribution is 5.76. The molecule has 2 aromatic rings. The van der Waals surface area contributed by atoms with Crippen LogP contribution in [0.5, 0.6) is 0 Å². The van der Waals surface area contributed by atoms with Crippen molar-refractivity contribution < 1.29 is 18.7 Å². The van der Waals surface area contributed by atoms with Gasteiger partial charge in [0.2, 0.25) is 0 Å². The van der Waals surface area contributed by atoms with Gasteiger partial charge in [-0.3, -0.25) is 9.69 Å². The summed E-state index contributed by atoms with van der Waals surface area (Å²) in [6.45, 7) is 3.89. The lowest BCUT2D eigenvalue weighted by atomic mass is 9.81. The van der Waals surface area contributed by atoms with Crippen molar-refractivity contribution >= 4 is 5.97 Å². The molecule has 1 aromatic carbocycles. The molecule has 2 aliphatic rings. The van der Waals surface area contributed by atoms with Gasteiger partial charge in [-0.05, 0) is 61.6 Å². The van der Waals surface area contributed by atoms with Gasteiger partial charge < -0.3 is 9.52 Å². The molecule has 0 spiro atoms. The molecule has 0 radical (unpaired) electrons. The minimum atomic E-state index is -0.653. The van der Waals surface area contributed by atoms with Crippen LogP contribution in [0, 0.1) is 24.1 Å². The van der Waals surface area contributed by atoms with E-state index in [4.69, 9.17) is 4.42 Å². The van der Waals surface area contributed by atoms with Gasteiger partial charge in [0.1, 0.15) is 17.3 Å². The van der Waals surface area contributed by atoms with E-state index in [9.17, 15) is 14.3 Å². The monoisotopic (exact) mass is 343 g/mol. The van der Waals surface area contributed by atoms with Crippen LogP contribution in [-0.4, -0.2) is 29.1 Å². The van der Waals surface area contributed by atoms with E-state index in [1.165, 1.54) is 12.1 Å². The maximum Gasteiger partial charge on any atom is 0.311 e. The molecule has 1 aromatic heterocycles. The Kier molecular flexibility index (Phi) is 3.91. The molecule has 0 bridgehead atoms. The number of hydrogen-bond acceptors (Lipinski definition) is 3. The van der Waals surface area contributed by atoms with Crippen LogP contribution in [0.3, 0.4) is 0 Å². The number of carbonyl (C=O) groups is 1. The third kappa shape index (κ3) is 2.76. The molecule has 1 N–H and O–H groups in total. The second-order valence-electron chi connectivity index (χ2n) is 7.45.